The lowest BCUT2D eigenvalue weighted by molar-refractivity contribution is 0.0218. The molecule has 1 N–H and O–H groups in total. The summed E-state index contributed by atoms with van der Waals surface area (Å²) in [5, 5.41) is 5.36. The predicted molar refractivity (Wildman–Crippen MR) is 100 cm³/mol. The molecule has 5 heterocycles. The standard InChI is InChI=1S/C17H21N3OS3/c1-10-9-22-17(18-10)24-14-4-3-13(23-14)16(21)19-15-11(2)20-7-5-12(15)6-8-20/h3-4,9,11-12,15H,5-8H2,1-2H3,(H,19,21)/t11-,15-/m0/s1. The van der Waals surface area contributed by atoms with E-state index >= 15 is 0 Å². The second kappa shape index (κ2) is 6.78. The third kappa shape index (κ3) is 3.27. The monoisotopic (exact) mass is 379 g/mol. The van der Waals surface area contributed by atoms with Gasteiger partial charge in [-0.05, 0) is 69.6 Å². The van der Waals surface area contributed by atoms with Crippen LogP contribution in [-0.4, -0.2) is 41.0 Å². The molecular weight excluding hydrogens is 358 g/mol. The molecule has 0 spiro atoms. The third-order valence-electron chi connectivity index (χ3n) is 5.07. The van der Waals surface area contributed by atoms with Crippen LogP contribution in [0, 0.1) is 12.8 Å². The largest absolute Gasteiger partial charge is 0.347 e. The normalized spacial score (nSPS) is 28.9. The second-order valence-electron chi connectivity index (χ2n) is 6.59. The fourth-order valence-corrected chi connectivity index (χ4v) is 6.83. The molecular formula is C17H21N3OS3. The molecule has 2 aromatic rings. The Kier molecular flexibility index (Phi) is 4.68. The summed E-state index contributed by atoms with van der Waals surface area (Å²) < 4.78 is 2.16. The lowest BCUT2D eigenvalue weighted by atomic mass is 9.79. The van der Waals surface area contributed by atoms with Crippen LogP contribution in [0.15, 0.2) is 26.1 Å². The Morgan fingerprint density at radius 2 is 2.17 bits per heavy atom. The number of hydrogen-bond donors (Lipinski definition) is 1. The van der Waals surface area contributed by atoms with E-state index in [0.717, 1.165) is 19.1 Å². The van der Waals surface area contributed by atoms with Gasteiger partial charge in [0.1, 0.15) is 0 Å². The van der Waals surface area contributed by atoms with Gasteiger partial charge in [0.25, 0.3) is 5.91 Å². The van der Waals surface area contributed by atoms with Crippen molar-refractivity contribution in [3.8, 4) is 0 Å². The maximum atomic E-state index is 12.7. The van der Waals surface area contributed by atoms with Crippen LogP contribution in [0.1, 0.15) is 35.1 Å². The summed E-state index contributed by atoms with van der Waals surface area (Å²) in [5.41, 5.74) is 1.05. The summed E-state index contributed by atoms with van der Waals surface area (Å²) in [6.07, 6.45) is 2.43. The van der Waals surface area contributed by atoms with Crippen LogP contribution in [0.5, 0.6) is 0 Å². The van der Waals surface area contributed by atoms with E-state index in [9.17, 15) is 4.79 Å². The lowest BCUT2D eigenvalue weighted by Gasteiger charge is -2.49. The van der Waals surface area contributed by atoms with Crippen LogP contribution in [-0.2, 0) is 0 Å². The zero-order valence-electron chi connectivity index (χ0n) is 13.8. The van der Waals surface area contributed by atoms with Gasteiger partial charge in [-0.3, -0.25) is 9.69 Å². The number of nitrogens with one attached hydrogen (secondary N) is 1. The first kappa shape index (κ1) is 16.6. The Hall–Kier alpha value is -0.890. The topological polar surface area (TPSA) is 45.2 Å². The molecule has 128 valence electrons. The van der Waals surface area contributed by atoms with Crippen LogP contribution < -0.4 is 5.32 Å². The van der Waals surface area contributed by atoms with Crippen molar-refractivity contribution >= 4 is 40.3 Å². The number of thiophene rings is 1. The molecule has 24 heavy (non-hydrogen) atoms. The molecule has 4 nitrogen and oxygen atoms in total. The van der Waals surface area contributed by atoms with Crippen LogP contribution in [0.4, 0.5) is 0 Å². The van der Waals surface area contributed by atoms with E-state index in [2.05, 4.69) is 27.5 Å². The first-order valence-corrected chi connectivity index (χ1v) is 10.9. The molecule has 3 aliphatic rings. The minimum Gasteiger partial charge on any atom is -0.347 e. The van der Waals surface area contributed by atoms with Gasteiger partial charge in [0.2, 0.25) is 0 Å². The van der Waals surface area contributed by atoms with Gasteiger partial charge in [0, 0.05) is 23.2 Å². The first-order chi connectivity index (χ1) is 11.6. The number of carbonyl (C=O) groups is 1. The second-order valence-corrected chi connectivity index (χ2v) is 10.1. The molecule has 3 saturated heterocycles. The number of fused-ring (bicyclic) bond motifs is 3. The minimum atomic E-state index is 0.0766. The van der Waals surface area contributed by atoms with E-state index in [1.807, 2.05) is 19.1 Å². The van der Waals surface area contributed by atoms with E-state index in [1.165, 1.54) is 25.9 Å². The first-order valence-electron chi connectivity index (χ1n) is 8.35. The van der Waals surface area contributed by atoms with Gasteiger partial charge in [-0.25, -0.2) is 4.98 Å². The Morgan fingerprint density at radius 3 is 2.83 bits per heavy atom. The van der Waals surface area contributed by atoms with Gasteiger partial charge < -0.3 is 5.32 Å². The van der Waals surface area contributed by atoms with E-state index < -0.39 is 0 Å². The number of hydrogen-bond acceptors (Lipinski definition) is 6. The Bertz CT molecular complexity index is 731. The highest BCUT2D eigenvalue weighted by molar-refractivity contribution is 8.02. The fourth-order valence-electron chi connectivity index (χ4n) is 3.73. The molecule has 0 unspecified atom stereocenters. The van der Waals surface area contributed by atoms with E-state index in [1.54, 1.807) is 34.4 Å². The zero-order valence-corrected chi connectivity index (χ0v) is 16.3. The van der Waals surface area contributed by atoms with Crippen LogP contribution in [0.25, 0.3) is 0 Å². The van der Waals surface area contributed by atoms with Gasteiger partial charge in [-0.15, -0.1) is 22.7 Å². The zero-order chi connectivity index (χ0) is 16.7. The summed E-state index contributed by atoms with van der Waals surface area (Å²) in [5.74, 6) is 0.717. The van der Waals surface area contributed by atoms with E-state index in [0.29, 0.717) is 18.0 Å². The fraction of sp³-hybridized carbons (Fsp3) is 0.529. The molecule has 5 rings (SSSR count). The van der Waals surface area contributed by atoms with Crippen molar-refractivity contribution in [2.24, 2.45) is 5.92 Å². The molecule has 0 aromatic carbocycles. The Balaban J connectivity index is 1.41. The molecule has 0 aliphatic carbocycles. The summed E-state index contributed by atoms with van der Waals surface area (Å²) in [4.78, 5) is 20.4. The van der Waals surface area contributed by atoms with Crippen molar-refractivity contribution in [2.45, 2.75) is 47.3 Å². The van der Waals surface area contributed by atoms with Crippen molar-refractivity contribution in [1.82, 2.24) is 15.2 Å². The summed E-state index contributed by atoms with van der Waals surface area (Å²) in [6, 6.07) is 4.71. The smallest absolute Gasteiger partial charge is 0.261 e. The van der Waals surface area contributed by atoms with Gasteiger partial charge in [-0.1, -0.05) is 0 Å². The van der Waals surface area contributed by atoms with E-state index in [-0.39, 0.29) is 5.91 Å². The van der Waals surface area contributed by atoms with Gasteiger partial charge in [0.05, 0.1) is 9.09 Å². The molecule has 0 radical (unpaired) electrons. The summed E-state index contributed by atoms with van der Waals surface area (Å²) >= 11 is 4.85. The van der Waals surface area contributed by atoms with Crippen molar-refractivity contribution in [3.05, 3.63) is 28.1 Å². The molecule has 2 atom stereocenters. The maximum Gasteiger partial charge on any atom is 0.261 e. The number of piperidine rings is 3. The molecule has 2 aromatic heterocycles. The molecule has 2 bridgehead atoms. The molecule has 3 fully saturated rings. The van der Waals surface area contributed by atoms with Gasteiger partial charge >= 0.3 is 0 Å². The highest BCUT2D eigenvalue weighted by Crippen LogP contribution is 2.36. The highest BCUT2D eigenvalue weighted by atomic mass is 32.2. The SMILES string of the molecule is Cc1csc(Sc2ccc(C(=O)N[C@@H]3C4CCN(CC4)[C@H]3C)s2)n1. The number of rotatable bonds is 4. The Morgan fingerprint density at radius 1 is 1.38 bits per heavy atom. The number of carbonyl (C=O) groups excluding carboxylic acids is 1. The van der Waals surface area contributed by atoms with Crippen LogP contribution in [0.3, 0.4) is 0 Å². The number of thiazole rings is 1. The minimum absolute atomic E-state index is 0.0766. The van der Waals surface area contributed by atoms with Crippen molar-refractivity contribution in [1.29, 1.82) is 0 Å². The van der Waals surface area contributed by atoms with Crippen molar-refractivity contribution in [2.75, 3.05) is 13.1 Å². The van der Waals surface area contributed by atoms with Crippen LogP contribution >= 0.6 is 34.4 Å². The number of amides is 1. The molecule has 3 aliphatic heterocycles. The van der Waals surface area contributed by atoms with Crippen LogP contribution in [0.2, 0.25) is 0 Å². The Labute approximate surface area is 154 Å². The quantitative estimate of drug-likeness (QED) is 0.876. The third-order valence-corrected chi connectivity index (χ3v) is 8.34. The lowest BCUT2D eigenvalue weighted by Crippen LogP contribution is -2.62. The number of nitrogens with zero attached hydrogens (tertiary/aromatic N) is 2. The van der Waals surface area contributed by atoms with Gasteiger partial charge in [-0.2, -0.15) is 0 Å². The van der Waals surface area contributed by atoms with Crippen molar-refractivity contribution < 1.29 is 4.79 Å². The molecule has 0 saturated carbocycles. The summed E-state index contributed by atoms with van der Waals surface area (Å²) in [7, 11) is 0. The van der Waals surface area contributed by atoms with Crippen molar-refractivity contribution in [3.63, 3.8) is 0 Å². The average Bonchev–Trinajstić information content (AvgIpc) is 3.21. The number of aryl methyl sites for hydroxylation is 1. The summed E-state index contributed by atoms with van der Waals surface area (Å²) in [6.45, 7) is 6.62. The maximum absolute atomic E-state index is 12.7. The number of aromatic nitrogens is 1. The average molecular weight is 380 g/mol. The van der Waals surface area contributed by atoms with E-state index in [4.69, 9.17) is 0 Å². The molecule has 1 amide bonds. The highest BCUT2D eigenvalue weighted by Gasteiger charge is 2.40. The predicted octanol–water partition coefficient (Wildman–Crippen LogP) is 3.88. The van der Waals surface area contributed by atoms with Gasteiger partial charge in [0.15, 0.2) is 4.34 Å². The molecule has 7 heteroatoms.